The number of para-hydroxylation sites is 1. The van der Waals surface area contributed by atoms with Crippen LogP contribution in [-0.4, -0.2) is 18.7 Å². The van der Waals surface area contributed by atoms with Crippen LogP contribution >= 0.6 is 0 Å². The Morgan fingerprint density at radius 2 is 2.06 bits per heavy atom. The maximum Gasteiger partial charge on any atom is 0.330 e. The topological polar surface area (TPSA) is 35.5 Å². The first-order valence-corrected chi connectivity index (χ1v) is 5.23. The van der Waals surface area contributed by atoms with Crippen LogP contribution in [0.25, 0.3) is 0 Å². The van der Waals surface area contributed by atoms with Crippen LogP contribution in [0.15, 0.2) is 42.5 Å². The van der Waals surface area contributed by atoms with Crippen molar-refractivity contribution >= 4 is 5.97 Å². The minimum Gasteiger partial charge on any atom is -0.487 e. The van der Waals surface area contributed by atoms with Gasteiger partial charge in [0.05, 0.1) is 0 Å². The van der Waals surface area contributed by atoms with Crippen molar-refractivity contribution in [3.8, 4) is 5.75 Å². The molecular formula is C13H16O3. The molecule has 1 atom stereocenters. The van der Waals surface area contributed by atoms with E-state index in [-0.39, 0.29) is 18.7 Å². The largest absolute Gasteiger partial charge is 0.487 e. The number of ether oxygens (including phenoxy) is 2. The average molecular weight is 220 g/mol. The third-order valence-corrected chi connectivity index (χ3v) is 1.84. The zero-order valence-corrected chi connectivity index (χ0v) is 9.55. The van der Waals surface area contributed by atoms with Crippen molar-refractivity contribution in [2.75, 3.05) is 6.61 Å². The summed E-state index contributed by atoms with van der Waals surface area (Å²) in [6, 6.07) is 9.44. The molecule has 0 bridgehead atoms. The Labute approximate surface area is 95.7 Å². The van der Waals surface area contributed by atoms with Crippen LogP contribution in [-0.2, 0) is 9.53 Å². The molecule has 1 unspecified atom stereocenters. The van der Waals surface area contributed by atoms with Gasteiger partial charge in [-0.25, -0.2) is 4.79 Å². The molecular weight excluding hydrogens is 204 g/mol. The highest BCUT2D eigenvalue weighted by Gasteiger charge is 2.06. The molecule has 0 heterocycles. The molecule has 0 aliphatic rings. The van der Waals surface area contributed by atoms with Gasteiger partial charge in [0.1, 0.15) is 18.5 Å². The van der Waals surface area contributed by atoms with Gasteiger partial charge in [-0.15, -0.1) is 0 Å². The lowest BCUT2D eigenvalue weighted by Gasteiger charge is -2.14. The lowest BCUT2D eigenvalue weighted by atomic mass is 10.3. The predicted octanol–water partition coefficient (Wildman–Crippen LogP) is 2.57. The minimum absolute atomic E-state index is 0.156. The zero-order chi connectivity index (χ0) is 11.8. The van der Waals surface area contributed by atoms with E-state index in [0.29, 0.717) is 0 Å². The van der Waals surface area contributed by atoms with E-state index >= 15 is 0 Å². The van der Waals surface area contributed by atoms with E-state index in [1.54, 1.807) is 13.0 Å². The number of carbonyl (C=O) groups is 1. The van der Waals surface area contributed by atoms with Crippen molar-refractivity contribution in [1.82, 2.24) is 0 Å². The second-order valence-electron chi connectivity index (χ2n) is 3.37. The molecule has 0 aliphatic carbocycles. The molecule has 0 radical (unpaired) electrons. The minimum atomic E-state index is -0.342. The lowest BCUT2D eigenvalue weighted by Crippen LogP contribution is -2.20. The van der Waals surface area contributed by atoms with Crippen LogP contribution in [0.5, 0.6) is 5.75 Å². The van der Waals surface area contributed by atoms with Crippen molar-refractivity contribution in [2.24, 2.45) is 0 Å². The molecule has 0 saturated carbocycles. The van der Waals surface area contributed by atoms with Gasteiger partial charge in [-0.2, -0.15) is 0 Å². The number of esters is 1. The van der Waals surface area contributed by atoms with E-state index < -0.39 is 0 Å². The van der Waals surface area contributed by atoms with Crippen molar-refractivity contribution in [3.63, 3.8) is 0 Å². The Bertz CT molecular complexity index is 343. The Kier molecular flexibility index (Phi) is 5.12. The highest BCUT2D eigenvalue weighted by molar-refractivity contribution is 5.81. The van der Waals surface area contributed by atoms with Crippen LogP contribution in [0.4, 0.5) is 0 Å². The van der Waals surface area contributed by atoms with Crippen molar-refractivity contribution in [1.29, 1.82) is 0 Å². The summed E-state index contributed by atoms with van der Waals surface area (Å²) in [7, 11) is 0. The smallest absolute Gasteiger partial charge is 0.330 e. The van der Waals surface area contributed by atoms with E-state index in [4.69, 9.17) is 9.47 Å². The molecule has 16 heavy (non-hydrogen) atoms. The van der Waals surface area contributed by atoms with Crippen LogP contribution < -0.4 is 4.74 Å². The average Bonchev–Trinajstić information content (AvgIpc) is 2.28. The van der Waals surface area contributed by atoms with Gasteiger partial charge in [0.2, 0.25) is 0 Å². The summed E-state index contributed by atoms with van der Waals surface area (Å²) in [4.78, 5) is 11.0. The van der Waals surface area contributed by atoms with Gasteiger partial charge in [-0.05, 0) is 26.0 Å². The second-order valence-corrected chi connectivity index (χ2v) is 3.37. The summed E-state index contributed by atoms with van der Waals surface area (Å²) >= 11 is 0. The lowest BCUT2D eigenvalue weighted by molar-refractivity contribution is -0.139. The summed E-state index contributed by atoms with van der Waals surface area (Å²) in [6.45, 7) is 3.87. The van der Waals surface area contributed by atoms with Gasteiger partial charge in [-0.1, -0.05) is 24.3 Å². The highest BCUT2D eigenvalue weighted by atomic mass is 16.6. The summed E-state index contributed by atoms with van der Waals surface area (Å²) < 4.78 is 10.5. The molecule has 1 rings (SSSR count). The zero-order valence-electron chi connectivity index (χ0n) is 9.55. The SMILES string of the molecule is CC=CC(=O)OCC(C)Oc1ccccc1. The Balaban J connectivity index is 2.31. The summed E-state index contributed by atoms with van der Waals surface area (Å²) in [5.74, 6) is 0.433. The molecule has 0 N–H and O–H groups in total. The Morgan fingerprint density at radius 3 is 2.69 bits per heavy atom. The quantitative estimate of drug-likeness (QED) is 0.565. The summed E-state index contributed by atoms with van der Waals surface area (Å²) in [5.41, 5.74) is 0. The van der Waals surface area contributed by atoms with Crippen molar-refractivity contribution in [2.45, 2.75) is 20.0 Å². The Hall–Kier alpha value is -1.77. The maximum atomic E-state index is 11.0. The first kappa shape index (κ1) is 12.3. The number of hydrogen-bond acceptors (Lipinski definition) is 3. The number of hydrogen-bond donors (Lipinski definition) is 0. The molecule has 86 valence electrons. The van der Waals surface area contributed by atoms with Gasteiger partial charge in [-0.3, -0.25) is 0 Å². The molecule has 3 heteroatoms. The number of carbonyl (C=O) groups excluding carboxylic acids is 1. The first-order valence-electron chi connectivity index (χ1n) is 5.23. The van der Waals surface area contributed by atoms with Crippen LogP contribution in [0.3, 0.4) is 0 Å². The van der Waals surface area contributed by atoms with E-state index in [9.17, 15) is 4.79 Å². The molecule has 0 aliphatic heterocycles. The number of rotatable bonds is 5. The van der Waals surface area contributed by atoms with Gasteiger partial charge in [0, 0.05) is 6.08 Å². The molecule has 1 aromatic carbocycles. The van der Waals surface area contributed by atoms with Crippen molar-refractivity contribution < 1.29 is 14.3 Å². The molecule has 0 saturated heterocycles. The predicted molar refractivity (Wildman–Crippen MR) is 62.3 cm³/mol. The molecule has 3 nitrogen and oxygen atoms in total. The Morgan fingerprint density at radius 1 is 1.38 bits per heavy atom. The van der Waals surface area contributed by atoms with Gasteiger partial charge >= 0.3 is 5.97 Å². The van der Waals surface area contributed by atoms with E-state index in [0.717, 1.165) is 5.75 Å². The standard InChI is InChI=1S/C13H16O3/c1-3-7-13(14)15-10-11(2)16-12-8-5-4-6-9-12/h3-9,11H,10H2,1-2H3. The van der Waals surface area contributed by atoms with E-state index in [1.807, 2.05) is 37.3 Å². The number of benzene rings is 1. The van der Waals surface area contributed by atoms with Gasteiger partial charge in [0.15, 0.2) is 0 Å². The molecule has 1 aromatic rings. The molecule has 0 spiro atoms. The third-order valence-electron chi connectivity index (χ3n) is 1.84. The van der Waals surface area contributed by atoms with Gasteiger partial charge < -0.3 is 9.47 Å². The fourth-order valence-electron chi connectivity index (χ4n) is 1.15. The van der Waals surface area contributed by atoms with Gasteiger partial charge in [0.25, 0.3) is 0 Å². The highest BCUT2D eigenvalue weighted by Crippen LogP contribution is 2.10. The monoisotopic (exact) mass is 220 g/mol. The van der Waals surface area contributed by atoms with Crippen LogP contribution in [0.1, 0.15) is 13.8 Å². The third kappa shape index (κ3) is 4.64. The molecule has 0 fully saturated rings. The van der Waals surface area contributed by atoms with E-state index in [1.165, 1.54) is 6.08 Å². The van der Waals surface area contributed by atoms with Crippen molar-refractivity contribution in [3.05, 3.63) is 42.5 Å². The van der Waals surface area contributed by atoms with Crippen LogP contribution in [0, 0.1) is 0 Å². The summed E-state index contributed by atoms with van der Waals surface area (Å²) in [6.07, 6.45) is 2.87. The first-order chi connectivity index (χ1) is 7.72. The molecule has 0 amide bonds. The fraction of sp³-hybridized carbons (Fsp3) is 0.308. The van der Waals surface area contributed by atoms with E-state index in [2.05, 4.69) is 0 Å². The second kappa shape index (κ2) is 6.67. The summed E-state index contributed by atoms with van der Waals surface area (Å²) in [5, 5.41) is 0. The number of allylic oxidation sites excluding steroid dienone is 1. The molecule has 0 aromatic heterocycles. The maximum absolute atomic E-state index is 11.0. The fourth-order valence-corrected chi connectivity index (χ4v) is 1.15. The van der Waals surface area contributed by atoms with Crippen LogP contribution in [0.2, 0.25) is 0 Å². The normalized spacial score (nSPS) is 12.4.